The van der Waals surface area contributed by atoms with Crippen molar-refractivity contribution in [3.63, 3.8) is 0 Å². The van der Waals surface area contributed by atoms with Gasteiger partial charge < -0.3 is 4.74 Å². The number of nitrogens with zero attached hydrogens (tertiary/aromatic N) is 1. The predicted molar refractivity (Wildman–Crippen MR) is 129 cm³/mol. The van der Waals surface area contributed by atoms with Gasteiger partial charge in [0, 0.05) is 0 Å². The molecule has 0 bridgehead atoms. The number of thiocarbonyl (C=S) groups is 1. The number of hydrogen-bond acceptors (Lipinski definition) is 6. The highest BCUT2D eigenvalue weighted by atomic mass is 32.2. The molecule has 2 N–H and O–H groups in total. The molecule has 6 nitrogen and oxygen atoms in total. The summed E-state index contributed by atoms with van der Waals surface area (Å²) in [7, 11) is -3.76. The number of amides is 1. The first kappa shape index (κ1) is 22.2. The minimum atomic E-state index is -3.76. The normalized spacial score (nSPS) is 15.4. The Bertz CT molecular complexity index is 1290. The second kappa shape index (κ2) is 9.25. The molecule has 9 heteroatoms. The molecule has 3 aromatic carbocycles. The van der Waals surface area contributed by atoms with Crippen molar-refractivity contribution in [2.75, 3.05) is 0 Å². The van der Waals surface area contributed by atoms with E-state index in [9.17, 15) is 13.2 Å². The number of benzene rings is 3. The molecule has 1 amide bonds. The van der Waals surface area contributed by atoms with Gasteiger partial charge in [0.15, 0.2) is 0 Å². The van der Waals surface area contributed by atoms with Gasteiger partial charge in [0.2, 0.25) is 10.0 Å². The highest BCUT2D eigenvalue weighted by Gasteiger charge is 2.32. The van der Waals surface area contributed by atoms with Crippen molar-refractivity contribution in [1.82, 2.24) is 4.90 Å². The molecule has 0 spiro atoms. The summed E-state index contributed by atoms with van der Waals surface area (Å²) in [6, 6.07) is 23.0. The smallest absolute Gasteiger partial charge is 0.266 e. The van der Waals surface area contributed by atoms with Crippen LogP contribution in [0.1, 0.15) is 11.1 Å². The van der Waals surface area contributed by atoms with E-state index in [0.717, 1.165) is 16.9 Å². The van der Waals surface area contributed by atoms with Gasteiger partial charge in [-0.1, -0.05) is 66.4 Å². The largest absolute Gasteiger partial charge is 0.457 e. The zero-order valence-corrected chi connectivity index (χ0v) is 19.1. The highest BCUT2D eigenvalue weighted by molar-refractivity contribution is 8.26. The van der Waals surface area contributed by atoms with E-state index in [0.29, 0.717) is 15.0 Å². The number of primary sulfonamides is 1. The number of hydrogen-bond donors (Lipinski definition) is 1. The van der Waals surface area contributed by atoms with Gasteiger partial charge in [-0.2, -0.15) is 0 Å². The number of ether oxygens (including phenoxy) is 1. The molecule has 0 aliphatic carbocycles. The molecule has 32 heavy (non-hydrogen) atoms. The third kappa shape index (κ3) is 5.25. The maximum Gasteiger partial charge on any atom is 0.266 e. The lowest BCUT2D eigenvalue weighted by atomic mass is 10.2. The lowest BCUT2D eigenvalue weighted by Gasteiger charge is -2.14. The van der Waals surface area contributed by atoms with Crippen LogP contribution in [0.5, 0.6) is 11.5 Å². The van der Waals surface area contributed by atoms with Crippen LogP contribution in [0.3, 0.4) is 0 Å². The standard InChI is InChI=1S/C23H18N2O4S3/c24-32(27,28)20-12-8-17(9-13-20)15-25-22(26)21(31-23(25)30)14-16-6-10-19(11-7-16)29-18-4-2-1-3-5-18/h1-14H,15H2,(H2,24,27,28)/b21-14-. The van der Waals surface area contributed by atoms with Crippen LogP contribution in [0.15, 0.2) is 88.7 Å². The Balaban J connectivity index is 1.45. The lowest BCUT2D eigenvalue weighted by molar-refractivity contribution is -0.122. The maximum atomic E-state index is 12.9. The average Bonchev–Trinajstić information content (AvgIpc) is 3.03. The first-order valence-electron chi connectivity index (χ1n) is 9.50. The van der Waals surface area contributed by atoms with E-state index < -0.39 is 10.0 Å². The molecule has 1 saturated heterocycles. The monoisotopic (exact) mass is 482 g/mol. The summed E-state index contributed by atoms with van der Waals surface area (Å²) < 4.78 is 29.0. The van der Waals surface area contributed by atoms with Crippen LogP contribution in [0.25, 0.3) is 6.08 Å². The molecule has 1 heterocycles. The SMILES string of the molecule is NS(=O)(=O)c1ccc(CN2C(=O)/C(=C/c3ccc(Oc4ccccc4)cc3)SC2=S)cc1. The van der Waals surface area contributed by atoms with Crippen molar-refractivity contribution >= 4 is 50.3 Å². The van der Waals surface area contributed by atoms with E-state index in [1.807, 2.05) is 54.6 Å². The van der Waals surface area contributed by atoms with E-state index in [2.05, 4.69) is 0 Å². The van der Waals surface area contributed by atoms with Crippen LogP contribution >= 0.6 is 24.0 Å². The minimum absolute atomic E-state index is 0.0197. The van der Waals surface area contributed by atoms with Gasteiger partial charge in [0.25, 0.3) is 5.91 Å². The minimum Gasteiger partial charge on any atom is -0.457 e. The van der Waals surface area contributed by atoms with Gasteiger partial charge in [-0.25, -0.2) is 13.6 Å². The fourth-order valence-electron chi connectivity index (χ4n) is 3.01. The third-order valence-corrected chi connectivity index (χ3v) is 6.93. The Morgan fingerprint density at radius 3 is 2.19 bits per heavy atom. The number of para-hydroxylation sites is 1. The molecular weight excluding hydrogens is 464 g/mol. The molecule has 4 rings (SSSR count). The summed E-state index contributed by atoms with van der Waals surface area (Å²) >= 11 is 6.61. The second-order valence-electron chi connectivity index (χ2n) is 6.94. The van der Waals surface area contributed by atoms with E-state index in [4.69, 9.17) is 22.1 Å². The van der Waals surface area contributed by atoms with E-state index in [-0.39, 0.29) is 17.3 Å². The highest BCUT2D eigenvalue weighted by Crippen LogP contribution is 2.34. The summed E-state index contributed by atoms with van der Waals surface area (Å²) in [6.45, 7) is 0.247. The molecule has 1 aliphatic heterocycles. The molecule has 162 valence electrons. The van der Waals surface area contributed by atoms with Crippen LogP contribution in [0, 0.1) is 0 Å². The third-order valence-electron chi connectivity index (χ3n) is 4.62. The molecule has 0 saturated carbocycles. The molecule has 1 aliphatic rings. The van der Waals surface area contributed by atoms with E-state index >= 15 is 0 Å². The van der Waals surface area contributed by atoms with Crippen molar-refractivity contribution in [2.24, 2.45) is 5.14 Å². The lowest BCUT2D eigenvalue weighted by Crippen LogP contribution is -2.27. The van der Waals surface area contributed by atoms with Gasteiger partial charge in [0.05, 0.1) is 16.3 Å². The van der Waals surface area contributed by atoms with Crippen molar-refractivity contribution in [1.29, 1.82) is 0 Å². The maximum absolute atomic E-state index is 12.9. The topological polar surface area (TPSA) is 89.7 Å². The second-order valence-corrected chi connectivity index (χ2v) is 10.2. The average molecular weight is 483 g/mol. The summed E-state index contributed by atoms with van der Waals surface area (Å²) in [5, 5.41) is 5.12. The summed E-state index contributed by atoms with van der Waals surface area (Å²) in [4.78, 5) is 14.9. The summed E-state index contributed by atoms with van der Waals surface area (Å²) in [5.74, 6) is 1.25. The van der Waals surface area contributed by atoms with E-state index in [1.54, 1.807) is 18.2 Å². The fraction of sp³-hybridized carbons (Fsp3) is 0.0435. The van der Waals surface area contributed by atoms with Gasteiger partial charge >= 0.3 is 0 Å². The van der Waals surface area contributed by atoms with Crippen molar-refractivity contribution in [3.05, 3.63) is 94.9 Å². The molecule has 3 aromatic rings. The number of rotatable bonds is 6. The Kier molecular flexibility index (Phi) is 6.43. The number of carbonyl (C=O) groups excluding carboxylic acids is 1. The van der Waals surface area contributed by atoms with Crippen LogP contribution in [-0.2, 0) is 21.4 Å². The Labute approximate surface area is 195 Å². The molecule has 1 fully saturated rings. The number of nitrogens with two attached hydrogens (primary N) is 1. The van der Waals surface area contributed by atoms with Crippen molar-refractivity contribution < 1.29 is 17.9 Å². The Hall–Kier alpha value is -2.98. The first-order valence-corrected chi connectivity index (χ1v) is 12.3. The molecule has 0 aromatic heterocycles. The van der Waals surface area contributed by atoms with E-state index in [1.165, 1.54) is 28.8 Å². The first-order chi connectivity index (χ1) is 15.3. The van der Waals surface area contributed by atoms with Crippen LogP contribution in [0.2, 0.25) is 0 Å². The molecule has 0 radical (unpaired) electrons. The zero-order chi connectivity index (χ0) is 22.7. The fourth-order valence-corrected chi connectivity index (χ4v) is 4.78. The predicted octanol–water partition coefficient (Wildman–Crippen LogP) is 4.53. The zero-order valence-electron chi connectivity index (χ0n) is 16.7. The molecule has 0 unspecified atom stereocenters. The number of carbonyl (C=O) groups is 1. The summed E-state index contributed by atoms with van der Waals surface area (Å²) in [6.07, 6.45) is 1.79. The number of thioether (sulfide) groups is 1. The Morgan fingerprint density at radius 2 is 1.56 bits per heavy atom. The van der Waals surface area contributed by atoms with Crippen LogP contribution < -0.4 is 9.88 Å². The number of sulfonamides is 1. The van der Waals surface area contributed by atoms with Crippen LogP contribution in [-0.4, -0.2) is 23.5 Å². The van der Waals surface area contributed by atoms with Gasteiger partial charge in [-0.15, -0.1) is 0 Å². The van der Waals surface area contributed by atoms with Gasteiger partial charge in [0.1, 0.15) is 15.8 Å². The van der Waals surface area contributed by atoms with Crippen molar-refractivity contribution in [2.45, 2.75) is 11.4 Å². The Morgan fingerprint density at radius 1 is 0.938 bits per heavy atom. The van der Waals surface area contributed by atoms with Gasteiger partial charge in [-0.3, -0.25) is 9.69 Å². The quantitative estimate of drug-likeness (QED) is 0.410. The van der Waals surface area contributed by atoms with Crippen molar-refractivity contribution in [3.8, 4) is 11.5 Å². The van der Waals surface area contributed by atoms with Gasteiger partial charge in [-0.05, 0) is 53.6 Å². The van der Waals surface area contributed by atoms with Crippen LogP contribution in [0.4, 0.5) is 0 Å². The molecular formula is C23H18N2O4S3. The molecule has 0 atom stereocenters. The summed E-state index contributed by atoms with van der Waals surface area (Å²) in [5.41, 5.74) is 1.60.